The zero-order chi connectivity index (χ0) is 27.7. The molecule has 3 aromatic rings. The minimum Gasteiger partial charge on any atom is -0.493 e. The van der Waals surface area contributed by atoms with Crippen LogP contribution in [0.3, 0.4) is 0 Å². The fraction of sp³-hybridized carbons (Fsp3) is 0.333. The third-order valence-corrected chi connectivity index (χ3v) is 7.89. The van der Waals surface area contributed by atoms with Crippen LogP contribution in [0, 0.1) is 5.92 Å². The molecular formula is C27H25F3N4O4S. The number of rotatable bonds is 6. The van der Waals surface area contributed by atoms with Gasteiger partial charge in [0.25, 0.3) is 5.91 Å². The molecule has 12 heteroatoms. The van der Waals surface area contributed by atoms with E-state index in [1.807, 2.05) is 4.90 Å². The molecule has 0 aliphatic carbocycles. The SMILES string of the molecule is CCOc1cccc(Cc2c(C=C3SC(N4CCC(C(=O)O)CC4)=NC3=O)ccc3[nH]ncc23)c1C(F)(F)F. The molecule has 1 amide bonds. The number of amidine groups is 1. The van der Waals surface area contributed by atoms with Gasteiger partial charge < -0.3 is 14.7 Å². The molecule has 0 spiro atoms. The van der Waals surface area contributed by atoms with Crippen molar-refractivity contribution < 1.29 is 32.6 Å². The van der Waals surface area contributed by atoms with Crippen LogP contribution < -0.4 is 4.74 Å². The number of aliphatic imine (C=N–C) groups is 1. The number of aromatic nitrogens is 2. The highest BCUT2D eigenvalue weighted by atomic mass is 32.2. The molecule has 2 aromatic carbocycles. The molecule has 0 saturated carbocycles. The van der Waals surface area contributed by atoms with Gasteiger partial charge in [-0.1, -0.05) is 18.2 Å². The van der Waals surface area contributed by atoms with Crippen LogP contribution >= 0.6 is 11.8 Å². The van der Waals surface area contributed by atoms with Crippen LogP contribution in [0.25, 0.3) is 17.0 Å². The number of carbonyl (C=O) groups is 2. The fourth-order valence-electron chi connectivity index (χ4n) is 4.93. The number of alkyl halides is 3. The number of halogens is 3. The number of carboxylic acid groups (broad SMARTS) is 1. The number of fused-ring (bicyclic) bond motifs is 1. The molecular weight excluding hydrogens is 533 g/mol. The number of H-pyrrole nitrogens is 1. The molecule has 0 bridgehead atoms. The summed E-state index contributed by atoms with van der Waals surface area (Å²) in [5.74, 6) is -1.91. The quantitative estimate of drug-likeness (QED) is 0.394. The Morgan fingerprint density at radius 1 is 1.26 bits per heavy atom. The monoisotopic (exact) mass is 558 g/mol. The van der Waals surface area contributed by atoms with Gasteiger partial charge in [-0.15, -0.1) is 0 Å². The molecule has 1 fully saturated rings. The summed E-state index contributed by atoms with van der Waals surface area (Å²) in [6, 6.07) is 7.78. The number of piperidine rings is 1. The van der Waals surface area contributed by atoms with Crippen LogP contribution in [0.1, 0.15) is 42.0 Å². The van der Waals surface area contributed by atoms with Crippen molar-refractivity contribution in [2.45, 2.75) is 32.4 Å². The minimum absolute atomic E-state index is 0.0467. The zero-order valence-electron chi connectivity index (χ0n) is 20.9. The smallest absolute Gasteiger partial charge is 0.420 e. The Labute approximate surface area is 225 Å². The third kappa shape index (κ3) is 5.51. The second-order valence-corrected chi connectivity index (χ2v) is 10.3. The standard InChI is InChI=1S/C27H25F3N4O4S/c1-2-38-21-5-3-4-17(23(21)27(28,29)30)12-18-16(6-7-20-19(18)14-31-33-20)13-22-24(35)32-26(39-22)34-10-8-15(9-11-34)25(36)37/h3-7,13-15H,2,8-12H2,1H3,(H,31,33)(H,36,37). The van der Waals surface area contributed by atoms with Gasteiger partial charge in [-0.25, -0.2) is 0 Å². The second-order valence-electron chi connectivity index (χ2n) is 9.27. The molecule has 0 unspecified atom stereocenters. The van der Waals surface area contributed by atoms with Gasteiger partial charge >= 0.3 is 12.1 Å². The third-order valence-electron chi connectivity index (χ3n) is 6.85. The number of nitrogens with zero attached hydrogens (tertiary/aromatic N) is 3. The molecule has 0 radical (unpaired) electrons. The molecule has 5 rings (SSSR count). The van der Waals surface area contributed by atoms with Crippen molar-refractivity contribution in [3.8, 4) is 5.75 Å². The normalized spacial score (nSPS) is 17.7. The number of nitrogens with one attached hydrogen (secondary N) is 1. The van der Waals surface area contributed by atoms with E-state index in [2.05, 4.69) is 15.2 Å². The van der Waals surface area contributed by atoms with Gasteiger partial charge in [0.2, 0.25) is 0 Å². The number of carboxylic acids is 1. The number of hydrogen-bond acceptors (Lipinski definition) is 6. The lowest BCUT2D eigenvalue weighted by Crippen LogP contribution is -2.38. The highest BCUT2D eigenvalue weighted by molar-refractivity contribution is 8.18. The Balaban J connectivity index is 1.48. The molecule has 3 heterocycles. The van der Waals surface area contributed by atoms with Crippen molar-refractivity contribution in [3.63, 3.8) is 0 Å². The Morgan fingerprint density at radius 2 is 2.03 bits per heavy atom. The van der Waals surface area contributed by atoms with Crippen LogP contribution in [0.15, 0.2) is 46.4 Å². The highest BCUT2D eigenvalue weighted by Crippen LogP contribution is 2.41. The average molecular weight is 559 g/mol. The molecule has 1 aromatic heterocycles. The zero-order valence-corrected chi connectivity index (χ0v) is 21.7. The maximum absolute atomic E-state index is 14.1. The van der Waals surface area contributed by atoms with Gasteiger partial charge in [0.1, 0.15) is 11.3 Å². The van der Waals surface area contributed by atoms with Crippen molar-refractivity contribution >= 4 is 45.8 Å². The molecule has 2 N–H and O–H groups in total. The molecule has 2 aliphatic rings. The molecule has 8 nitrogen and oxygen atoms in total. The summed E-state index contributed by atoms with van der Waals surface area (Å²) in [5, 5.41) is 17.3. The number of carbonyl (C=O) groups excluding carboxylic acids is 1. The van der Waals surface area contributed by atoms with Gasteiger partial charge in [-0.2, -0.15) is 23.3 Å². The number of aromatic amines is 1. The average Bonchev–Trinajstić information content (AvgIpc) is 3.52. The molecule has 204 valence electrons. The number of amides is 1. The van der Waals surface area contributed by atoms with E-state index in [1.54, 1.807) is 31.3 Å². The predicted octanol–water partition coefficient (Wildman–Crippen LogP) is 5.34. The summed E-state index contributed by atoms with van der Waals surface area (Å²) in [5.41, 5.74) is 1.04. The first-order chi connectivity index (χ1) is 18.7. The van der Waals surface area contributed by atoms with E-state index in [9.17, 15) is 27.9 Å². The van der Waals surface area contributed by atoms with Gasteiger partial charge in [0.05, 0.1) is 29.1 Å². The number of benzene rings is 2. The van der Waals surface area contributed by atoms with E-state index in [1.165, 1.54) is 30.0 Å². The summed E-state index contributed by atoms with van der Waals surface area (Å²) in [6.07, 6.45) is -0.559. The van der Waals surface area contributed by atoms with Crippen LogP contribution in [0.4, 0.5) is 13.2 Å². The molecule has 2 aliphatic heterocycles. The molecule has 0 atom stereocenters. The first-order valence-corrected chi connectivity index (χ1v) is 13.2. The minimum atomic E-state index is -4.63. The lowest BCUT2D eigenvalue weighted by atomic mass is 9.93. The summed E-state index contributed by atoms with van der Waals surface area (Å²) in [7, 11) is 0. The Hall–Kier alpha value is -3.80. The number of aliphatic carboxylic acids is 1. The second kappa shape index (κ2) is 10.8. The van der Waals surface area contributed by atoms with Gasteiger partial charge in [0, 0.05) is 18.5 Å². The van der Waals surface area contributed by atoms with Gasteiger partial charge in [-0.05, 0) is 72.8 Å². The van der Waals surface area contributed by atoms with E-state index in [0.29, 0.717) is 58.0 Å². The topological polar surface area (TPSA) is 108 Å². The fourth-order valence-corrected chi connectivity index (χ4v) is 5.89. The summed E-state index contributed by atoms with van der Waals surface area (Å²) in [6.45, 7) is 2.68. The summed E-state index contributed by atoms with van der Waals surface area (Å²) < 4.78 is 47.7. The van der Waals surface area contributed by atoms with Crippen LogP contribution in [-0.2, 0) is 22.2 Å². The maximum Gasteiger partial charge on any atom is 0.420 e. The van der Waals surface area contributed by atoms with Crippen LogP contribution in [0.5, 0.6) is 5.75 Å². The maximum atomic E-state index is 14.1. The van der Waals surface area contributed by atoms with E-state index in [0.717, 1.165) is 0 Å². The van der Waals surface area contributed by atoms with Gasteiger partial charge in [0.15, 0.2) is 5.17 Å². The summed E-state index contributed by atoms with van der Waals surface area (Å²) in [4.78, 5) is 30.5. The number of hydrogen-bond donors (Lipinski definition) is 2. The van der Waals surface area contributed by atoms with E-state index >= 15 is 0 Å². The van der Waals surface area contributed by atoms with E-state index < -0.39 is 29.5 Å². The Bertz CT molecular complexity index is 1490. The van der Waals surface area contributed by atoms with Crippen molar-refractivity contribution in [3.05, 3.63) is 63.7 Å². The number of likely N-dealkylation sites (tertiary alicyclic amines) is 1. The number of thioether (sulfide) groups is 1. The largest absolute Gasteiger partial charge is 0.493 e. The first-order valence-electron chi connectivity index (χ1n) is 12.4. The van der Waals surface area contributed by atoms with Crippen molar-refractivity contribution in [1.29, 1.82) is 0 Å². The molecule has 39 heavy (non-hydrogen) atoms. The van der Waals surface area contributed by atoms with Crippen LogP contribution in [0.2, 0.25) is 0 Å². The lowest BCUT2D eigenvalue weighted by Gasteiger charge is -2.30. The van der Waals surface area contributed by atoms with Crippen LogP contribution in [-0.4, -0.2) is 56.9 Å². The van der Waals surface area contributed by atoms with Crippen molar-refractivity contribution in [1.82, 2.24) is 15.1 Å². The Morgan fingerprint density at radius 3 is 2.72 bits per heavy atom. The highest BCUT2D eigenvalue weighted by Gasteiger charge is 2.37. The van der Waals surface area contributed by atoms with Crippen molar-refractivity contribution in [2.24, 2.45) is 10.9 Å². The molecule has 1 saturated heterocycles. The van der Waals surface area contributed by atoms with Crippen molar-refractivity contribution in [2.75, 3.05) is 19.7 Å². The number of ether oxygens (including phenoxy) is 1. The van der Waals surface area contributed by atoms with E-state index in [4.69, 9.17) is 4.74 Å². The Kier molecular flexibility index (Phi) is 7.39. The van der Waals surface area contributed by atoms with E-state index in [-0.39, 0.29) is 24.3 Å². The predicted molar refractivity (Wildman–Crippen MR) is 141 cm³/mol. The first kappa shape index (κ1) is 26.8. The summed E-state index contributed by atoms with van der Waals surface area (Å²) >= 11 is 1.19. The van der Waals surface area contributed by atoms with Gasteiger partial charge in [-0.3, -0.25) is 14.7 Å². The lowest BCUT2D eigenvalue weighted by molar-refractivity contribution is -0.143.